The topological polar surface area (TPSA) is 44.9 Å². The van der Waals surface area contributed by atoms with Gasteiger partial charge in [0.1, 0.15) is 5.82 Å². The average molecular weight is 723 g/mol. The molecule has 3 aromatic heterocycles. The molecule has 0 aliphatic heterocycles. The van der Waals surface area contributed by atoms with Crippen LogP contribution in [0.15, 0.2) is 66.9 Å². The first-order valence-electron chi connectivity index (χ1n) is 16.3. The second-order valence-electron chi connectivity index (χ2n) is 12.8. The molecule has 5 nitrogen and oxygen atoms in total. The minimum Gasteiger partial charge on any atom is -0.509 e. The van der Waals surface area contributed by atoms with Gasteiger partial charge >= 0.3 is 20.4 Å². The van der Waals surface area contributed by atoms with Crippen LogP contribution in [0.2, 0.25) is 0 Å². The molecule has 0 fully saturated rings. The summed E-state index contributed by atoms with van der Waals surface area (Å²) in [5.74, 6) is 2.11. The number of aryl methyl sites for hydroxylation is 3. The van der Waals surface area contributed by atoms with E-state index < -0.39 is 0 Å². The van der Waals surface area contributed by atoms with Crippen LogP contribution in [0.1, 0.15) is 57.3 Å². The van der Waals surface area contributed by atoms with E-state index in [1.165, 1.54) is 38.9 Å². The van der Waals surface area contributed by atoms with Crippen LogP contribution in [0, 0.1) is 67.5 Å². The molecular formula is C42H40N4OPd. The van der Waals surface area contributed by atoms with Crippen molar-refractivity contribution in [3.63, 3.8) is 0 Å². The van der Waals surface area contributed by atoms with Gasteiger partial charge in [-0.3, -0.25) is 4.68 Å². The zero-order valence-electron chi connectivity index (χ0n) is 29.1. The summed E-state index contributed by atoms with van der Waals surface area (Å²) in [6.45, 7) is 19.6. The van der Waals surface area contributed by atoms with Crippen molar-refractivity contribution in [3.8, 4) is 34.1 Å². The molecular weight excluding hydrogens is 683 g/mol. The maximum Gasteiger partial charge on any atom is 2.00 e. The first-order valence-corrected chi connectivity index (χ1v) is 16.3. The van der Waals surface area contributed by atoms with Gasteiger partial charge in [-0.15, -0.1) is 35.7 Å². The second kappa shape index (κ2) is 12.8. The number of aromatic nitrogens is 4. The number of hydrogen-bond acceptors (Lipinski definition) is 3. The van der Waals surface area contributed by atoms with E-state index in [4.69, 9.17) is 14.8 Å². The minimum atomic E-state index is 0. The van der Waals surface area contributed by atoms with Crippen molar-refractivity contribution in [1.29, 1.82) is 0 Å². The van der Waals surface area contributed by atoms with E-state index in [2.05, 4.69) is 128 Å². The molecule has 0 aliphatic rings. The quantitative estimate of drug-likeness (QED) is 0.127. The SMILES string of the molecule is CCc1cc(Oc2[c-]c3c(cc2)c2ccccc2n3-c2cc(C)ccn2)[c-]c(-n2nc(C)c(-c3c(C)c(C)c(C)c(C)c3C)c2C)c1.[Pd+2]. The second-order valence-corrected chi connectivity index (χ2v) is 12.8. The van der Waals surface area contributed by atoms with Crippen LogP contribution < -0.4 is 4.74 Å². The van der Waals surface area contributed by atoms with Crippen LogP contribution in [0.5, 0.6) is 11.5 Å². The van der Waals surface area contributed by atoms with E-state index in [0.29, 0.717) is 11.5 Å². The summed E-state index contributed by atoms with van der Waals surface area (Å²) >= 11 is 0. The van der Waals surface area contributed by atoms with Crippen LogP contribution >= 0.6 is 0 Å². The Balaban J connectivity index is 0.00000401. The molecule has 0 radical (unpaired) electrons. The van der Waals surface area contributed by atoms with Crippen LogP contribution in [-0.4, -0.2) is 19.3 Å². The van der Waals surface area contributed by atoms with Gasteiger partial charge in [0, 0.05) is 34.5 Å². The van der Waals surface area contributed by atoms with E-state index in [1.807, 2.05) is 23.0 Å². The molecule has 0 saturated carbocycles. The van der Waals surface area contributed by atoms with Gasteiger partial charge in [-0.1, -0.05) is 37.1 Å². The first kappa shape index (κ1) is 33.4. The average Bonchev–Trinajstić information content (AvgIpc) is 3.55. The number of rotatable bonds is 6. The standard InChI is InChI=1S/C42H40N4O.Pd/c1-10-32-20-33(46-31(9)42(30(8)44-46)41-28(6)26(4)25(3)27(5)29(41)7)22-35(21-32)47-34-15-16-37-36-13-11-12-14-38(36)45(39(37)23-34)40-19-24(2)17-18-43-40;/h11-21H,10H2,1-9H3;/q-2;+2. The van der Waals surface area contributed by atoms with Gasteiger partial charge in [-0.05, 0) is 124 Å². The summed E-state index contributed by atoms with van der Waals surface area (Å²) in [4.78, 5) is 4.71. The fraction of sp³-hybridized carbons (Fsp3) is 0.238. The Hall–Kier alpha value is -4.50. The molecule has 0 bridgehead atoms. The van der Waals surface area contributed by atoms with Crippen molar-refractivity contribution in [2.75, 3.05) is 0 Å². The van der Waals surface area contributed by atoms with Crippen LogP contribution in [0.4, 0.5) is 0 Å². The first-order chi connectivity index (χ1) is 22.6. The minimum absolute atomic E-state index is 0. The van der Waals surface area contributed by atoms with Crippen LogP contribution in [-0.2, 0) is 26.8 Å². The maximum atomic E-state index is 6.56. The molecule has 48 heavy (non-hydrogen) atoms. The smallest absolute Gasteiger partial charge is 0.509 e. The zero-order valence-corrected chi connectivity index (χ0v) is 30.6. The number of ether oxygens (including phenoxy) is 1. The molecule has 0 N–H and O–H groups in total. The van der Waals surface area contributed by atoms with Gasteiger partial charge < -0.3 is 9.30 Å². The fourth-order valence-corrected chi connectivity index (χ4v) is 7.00. The van der Waals surface area contributed by atoms with Gasteiger partial charge in [0.2, 0.25) is 0 Å². The third-order valence-corrected chi connectivity index (χ3v) is 9.97. The molecule has 0 saturated heterocycles. The maximum absolute atomic E-state index is 6.56. The number of para-hydroxylation sites is 1. The van der Waals surface area contributed by atoms with Gasteiger partial charge in [0.05, 0.1) is 5.69 Å². The summed E-state index contributed by atoms with van der Waals surface area (Å²) in [6.07, 6.45) is 2.71. The normalized spacial score (nSPS) is 11.4. The summed E-state index contributed by atoms with van der Waals surface area (Å²) in [5, 5.41) is 7.33. The van der Waals surface area contributed by atoms with Crippen molar-refractivity contribution in [2.45, 2.75) is 68.7 Å². The Labute approximate surface area is 297 Å². The Kier molecular flexibility index (Phi) is 8.94. The van der Waals surface area contributed by atoms with E-state index >= 15 is 0 Å². The van der Waals surface area contributed by atoms with E-state index in [1.54, 1.807) is 0 Å². The van der Waals surface area contributed by atoms with E-state index in [-0.39, 0.29) is 20.4 Å². The van der Waals surface area contributed by atoms with Gasteiger partial charge in [0.15, 0.2) is 0 Å². The Morgan fingerprint density at radius 1 is 0.708 bits per heavy atom. The van der Waals surface area contributed by atoms with Crippen molar-refractivity contribution >= 4 is 21.8 Å². The molecule has 0 spiro atoms. The summed E-state index contributed by atoms with van der Waals surface area (Å²) in [5.41, 5.74) is 16.4. The third kappa shape index (κ3) is 5.48. The summed E-state index contributed by atoms with van der Waals surface area (Å²) in [7, 11) is 0. The van der Waals surface area contributed by atoms with Crippen molar-refractivity contribution in [2.24, 2.45) is 0 Å². The van der Waals surface area contributed by atoms with Gasteiger partial charge in [-0.25, -0.2) is 4.98 Å². The van der Waals surface area contributed by atoms with Crippen molar-refractivity contribution in [3.05, 3.63) is 129 Å². The van der Waals surface area contributed by atoms with E-state index in [9.17, 15) is 0 Å². The Morgan fingerprint density at radius 2 is 1.42 bits per heavy atom. The molecule has 0 unspecified atom stereocenters. The largest absolute Gasteiger partial charge is 2.00 e. The molecule has 0 amide bonds. The zero-order chi connectivity index (χ0) is 33.1. The van der Waals surface area contributed by atoms with E-state index in [0.717, 1.165) is 62.2 Å². The summed E-state index contributed by atoms with van der Waals surface area (Å²) in [6, 6.07) is 28.0. The third-order valence-electron chi connectivity index (χ3n) is 9.97. The van der Waals surface area contributed by atoms with Crippen LogP contribution in [0.25, 0.3) is 44.4 Å². The molecule has 7 aromatic rings. The molecule has 244 valence electrons. The number of nitrogens with zero attached hydrogens (tertiary/aromatic N) is 4. The van der Waals surface area contributed by atoms with Gasteiger partial charge in [-0.2, -0.15) is 16.7 Å². The number of hydrogen-bond donors (Lipinski definition) is 0. The predicted molar refractivity (Wildman–Crippen MR) is 193 cm³/mol. The molecule has 0 atom stereocenters. The predicted octanol–water partition coefficient (Wildman–Crippen LogP) is 10.5. The molecule has 7 rings (SSSR count). The number of pyridine rings is 1. The van der Waals surface area contributed by atoms with Gasteiger partial charge in [0.25, 0.3) is 0 Å². The molecule has 4 aromatic carbocycles. The Morgan fingerprint density at radius 3 is 2.12 bits per heavy atom. The molecule has 0 aliphatic carbocycles. The number of fused-ring (bicyclic) bond motifs is 3. The summed E-state index contributed by atoms with van der Waals surface area (Å²) < 4.78 is 10.7. The number of benzene rings is 4. The van der Waals surface area contributed by atoms with Crippen LogP contribution in [0.3, 0.4) is 0 Å². The monoisotopic (exact) mass is 722 g/mol. The van der Waals surface area contributed by atoms with Crippen molar-refractivity contribution < 1.29 is 25.2 Å². The van der Waals surface area contributed by atoms with Crippen molar-refractivity contribution in [1.82, 2.24) is 19.3 Å². The molecule has 6 heteroatoms. The Bertz CT molecular complexity index is 2330. The molecule has 3 heterocycles. The fourth-order valence-electron chi connectivity index (χ4n) is 7.00.